The van der Waals surface area contributed by atoms with Crippen molar-refractivity contribution in [1.82, 2.24) is 24.9 Å². The molecular formula is C26H17N5OS. The molecule has 7 heteroatoms. The fraction of sp³-hybridized carbons (Fsp3) is 0.0385. The minimum absolute atomic E-state index is 0.108. The van der Waals surface area contributed by atoms with Gasteiger partial charge in [-0.15, -0.1) is 11.3 Å². The van der Waals surface area contributed by atoms with Crippen LogP contribution in [0.4, 0.5) is 0 Å². The lowest BCUT2D eigenvalue weighted by Crippen LogP contribution is -2.08. The van der Waals surface area contributed by atoms with Gasteiger partial charge < -0.3 is 4.98 Å². The Bertz CT molecular complexity index is 1710. The van der Waals surface area contributed by atoms with Gasteiger partial charge in [-0.2, -0.15) is 0 Å². The predicted molar refractivity (Wildman–Crippen MR) is 132 cm³/mol. The Morgan fingerprint density at radius 2 is 1.82 bits per heavy atom. The van der Waals surface area contributed by atoms with Crippen molar-refractivity contribution < 1.29 is 0 Å². The van der Waals surface area contributed by atoms with Gasteiger partial charge in [0.15, 0.2) is 5.43 Å². The highest BCUT2D eigenvalue weighted by molar-refractivity contribution is 7.15. The minimum Gasteiger partial charge on any atom is -0.345 e. The van der Waals surface area contributed by atoms with Gasteiger partial charge in [-0.25, -0.2) is 15.0 Å². The van der Waals surface area contributed by atoms with E-state index in [0.717, 1.165) is 32.6 Å². The van der Waals surface area contributed by atoms with Crippen molar-refractivity contribution in [3.05, 3.63) is 94.7 Å². The quantitative estimate of drug-likeness (QED) is 0.380. The Labute approximate surface area is 192 Å². The molecule has 6 aromatic rings. The zero-order valence-electron chi connectivity index (χ0n) is 17.6. The SMILES string of the molecule is Cc1ccc(-c2nc3[nH]cc(-c4cncnc4)c(=O)c3cc2-c2ccc3ncccc3c2)s1. The van der Waals surface area contributed by atoms with E-state index in [4.69, 9.17) is 4.98 Å². The summed E-state index contributed by atoms with van der Waals surface area (Å²) >= 11 is 1.68. The third-order valence-electron chi connectivity index (χ3n) is 5.62. The predicted octanol–water partition coefficient (Wildman–Crippen LogP) is 5.63. The lowest BCUT2D eigenvalue weighted by Gasteiger charge is -2.11. The van der Waals surface area contributed by atoms with E-state index < -0.39 is 0 Å². The number of nitrogens with one attached hydrogen (secondary N) is 1. The molecule has 5 heterocycles. The molecule has 6 nitrogen and oxygen atoms in total. The number of hydrogen-bond acceptors (Lipinski definition) is 6. The molecule has 33 heavy (non-hydrogen) atoms. The van der Waals surface area contributed by atoms with E-state index in [0.29, 0.717) is 22.2 Å². The van der Waals surface area contributed by atoms with Crippen molar-refractivity contribution in [3.63, 3.8) is 0 Å². The van der Waals surface area contributed by atoms with Gasteiger partial charge >= 0.3 is 0 Å². The molecule has 0 aliphatic heterocycles. The second-order valence-corrected chi connectivity index (χ2v) is 9.05. The smallest absolute Gasteiger partial charge is 0.198 e. The number of aryl methyl sites for hydroxylation is 1. The second kappa shape index (κ2) is 7.72. The summed E-state index contributed by atoms with van der Waals surface area (Å²) in [5.74, 6) is 0. The third kappa shape index (κ3) is 3.39. The molecule has 0 aliphatic carbocycles. The monoisotopic (exact) mass is 447 g/mol. The number of hydrogen-bond donors (Lipinski definition) is 1. The number of pyridine rings is 3. The van der Waals surface area contributed by atoms with Gasteiger partial charge in [0.25, 0.3) is 0 Å². The van der Waals surface area contributed by atoms with E-state index in [-0.39, 0.29) is 5.43 Å². The van der Waals surface area contributed by atoms with Crippen molar-refractivity contribution in [3.8, 4) is 32.8 Å². The number of thiophene rings is 1. The molecule has 0 aliphatic rings. The summed E-state index contributed by atoms with van der Waals surface area (Å²) in [6.07, 6.45) is 8.19. The van der Waals surface area contributed by atoms with Crippen molar-refractivity contribution >= 4 is 33.3 Å². The second-order valence-electron chi connectivity index (χ2n) is 7.76. The van der Waals surface area contributed by atoms with Crippen LogP contribution in [0.2, 0.25) is 0 Å². The van der Waals surface area contributed by atoms with Crippen LogP contribution < -0.4 is 5.43 Å². The molecule has 0 atom stereocenters. The Balaban J connectivity index is 1.65. The first-order valence-corrected chi connectivity index (χ1v) is 11.2. The maximum atomic E-state index is 13.5. The minimum atomic E-state index is -0.108. The van der Waals surface area contributed by atoms with Gasteiger partial charge in [0.05, 0.1) is 21.5 Å². The van der Waals surface area contributed by atoms with Crippen LogP contribution in [0.25, 0.3) is 54.8 Å². The van der Waals surface area contributed by atoms with E-state index in [2.05, 4.69) is 45.1 Å². The molecule has 0 fully saturated rings. The maximum absolute atomic E-state index is 13.5. The highest BCUT2D eigenvalue weighted by atomic mass is 32.1. The summed E-state index contributed by atoms with van der Waals surface area (Å²) < 4.78 is 0. The molecule has 0 bridgehead atoms. The Morgan fingerprint density at radius 1 is 0.939 bits per heavy atom. The first-order valence-electron chi connectivity index (χ1n) is 10.4. The Morgan fingerprint density at radius 3 is 2.64 bits per heavy atom. The highest BCUT2D eigenvalue weighted by Crippen LogP contribution is 2.37. The van der Waals surface area contributed by atoms with Gasteiger partial charge in [0, 0.05) is 51.7 Å². The summed E-state index contributed by atoms with van der Waals surface area (Å²) in [7, 11) is 0. The molecule has 0 unspecified atom stereocenters. The molecule has 1 aromatic carbocycles. The summed E-state index contributed by atoms with van der Waals surface area (Å²) in [6.45, 7) is 2.08. The van der Waals surface area contributed by atoms with Crippen LogP contribution in [0.3, 0.4) is 0 Å². The zero-order chi connectivity index (χ0) is 22.4. The number of fused-ring (bicyclic) bond motifs is 2. The molecule has 0 amide bonds. The number of nitrogens with zero attached hydrogens (tertiary/aromatic N) is 4. The van der Waals surface area contributed by atoms with Crippen molar-refractivity contribution in [2.45, 2.75) is 6.92 Å². The largest absolute Gasteiger partial charge is 0.345 e. The van der Waals surface area contributed by atoms with Crippen molar-refractivity contribution in [1.29, 1.82) is 0 Å². The first kappa shape index (κ1) is 19.5. The van der Waals surface area contributed by atoms with Crippen LogP contribution >= 0.6 is 11.3 Å². The average molecular weight is 448 g/mol. The number of H-pyrrole nitrogens is 1. The molecule has 0 saturated carbocycles. The van der Waals surface area contributed by atoms with Gasteiger partial charge in [-0.3, -0.25) is 9.78 Å². The molecule has 0 radical (unpaired) electrons. The fourth-order valence-electron chi connectivity index (χ4n) is 4.01. The van der Waals surface area contributed by atoms with Gasteiger partial charge in [0.1, 0.15) is 12.0 Å². The number of benzene rings is 1. The van der Waals surface area contributed by atoms with Gasteiger partial charge in [-0.05, 0) is 48.9 Å². The standard InChI is InChI=1S/C26H17N5OS/c1-15-4-7-23(33-15)24-19(16-5-6-22-17(9-16)3-2-8-29-22)10-20-25(32)21(13-30-26(20)31-24)18-11-27-14-28-12-18/h2-14H,1H3,(H,30,31,32). The fourth-order valence-corrected chi connectivity index (χ4v) is 4.88. The van der Waals surface area contributed by atoms with E-state index in [1.165, 1.54) is 11.2 Å². The molecule has 158 valence electrons. The van der Waals surface area contributed by atoms with Crippen LogP contribution in [0.15, 0.2) is 84.4 Å². The third-order valence-corrected chi connectivity index (χ3v) is 6.63. The van der Waals surface area contributed by atoms with Crippen LogP contribution in [-0.2, 0) is 0 Å². The number of rotatable bonds is 3. The highest BCUT2D eigenvalue weighted by Gasteiger charge is 2.17. The number of aromatic amines is 1. The molecule has 0 spiro atoms. The van der Waals surface area contributed by atoms with Crippen LogP contribution in [0.5, 0.6) is 0 Å². The van der Waals surface area contributed by atoms with E-state index in [9.17, 15) is 4.79 Å². The van der Waals surface area contributed by atoms with E-state index in [1.807, 2.05) is 30.3 Å². The first-order chi connectivity index (χ1) is 16.2. The lowest BCUT2D eigenvalue weighted by atomic mass is 9.99. The van der Waals surface area contributed by atoms with Crippen LogP contribution in [0, 0.1) is 6.92 Å². The Hall–Kier alpha value is -4.23. The summed E-state index contributed by atoms with van der Waals surface area (Å²) in [5, 5.41) is 1.56. The molecule has 0 saturated heterocycles. The normalized spacial score (nSPS) is 11.3. The lowest BCUT2D eigenvalue weighted by molar-refractivity contribution is 1.17. The molecule has 5 aromatic heterocycles. The average Bonchev–Trinajstić information content (AvgIpc) is 3.30. The zero-order valence-corrected chi connectivity index (χ0v) is 18.4. The van der Waals surface area contributed by atoms with E-state index >= 15 is 0 Å². The Kier molecular flexibility index (Phi) is 4.55. The topological polar surface area (TPSA) is 84.4 Å². The number of aromatic nitrogens is 5. The van der Waals surface area contributed by atoms with Gasteiger partial charge in [0.2, 0.25) is 0 Å². The summed E-state index contributed by atoms with van der Waals surface area (Å²) in [6, 6.07) is 16.2. The maximum Gasteiger partial charge on any atom is 0.198 e. The molecular weight excluding hydrogens is 430 g/mol. The summed E-state index contributed by atoms with van der Waals surface area (Å²) in [5.41, 5.74) is 5.27. The van der Waals surface area contributed by atoms with Gasteiger partial charge in [-0.1, -0.05) is 12.1 Å². The van der Waals surface area contributed by atoms with Crippen LogP contribution in [-0.4, -0.2) is 24.9 Å². The summed E-state index contributed by atoms with van der Waals surface area (Å²) in [4.78, 5) is 36.4. The van der Waals surface area contributed by atoms with Crippen molar-refractivity contribution in [2.75, 3.05) is 0 Å². The molecule has 1 N–H and O–H groups in total. The van der Waals surface area contributed by atoms with Crippen LogP contribution in [0.1, 0.15) is 4.88 Å². The molecule has 6 rings (SSSR count). The van der Waals surface area contributed by atoms with Crippen molar-refractivity contribution in [2.24, 2.45) is 0 Å². The van der Waals surface area contributed by atoms with E-state index in [1.54, 1.807) is 36.1 Å².